The first-order valence-corrected chi connectivity index (χ1v) is 11.4. The van der Waals surface area contributed by atoms with E-state index in [0.29, 0.717) is 12.6 Å². The van der Waals surface area contributed by atoms with E-state index in [0.717, 1.165) is 44.8 Å². The Hall–Kier alpha value is -2.83. The van der Waals surface area contributed by atoms with Crippen LogP contribution < -0.4 is 4.90 Å². The van der Waals surface area contributed by atoms with E-state index in [1.54, 1.807) is 12.1 Å². The molecule has 1 fully saturated rings. The lowest BCUT2D eigenvalue weighted by molar-refractivity contribution is -0.137. The standard InChI is InChI=1S/C27H28F3N3/c28-27(29,30)24-12-10-22(11-13-24)17-32-18-23-8-4-5-9-26(23)33-15-14-31(19-25(33)20-32)16-21-6-2-1-3-7-21/h1-13,25H,14-20H2. The Bertz CT molecular complexity index is 1070. The SMILES string of the molecule is FC(F)(F)c1ccc(CN2Cc3ccccc3N3CCN(Cc4ccccc4)CC3C2)cc1. The van der Waals surface area contributed by atoms with E-state index in [1.807, 2.05) is 6.07 Å². The van der Waals surface area contributed by atoms with Gasteiger partial charge in [0, 0.05) is 51.5 Å². The molecule has 3 aromatic carbocycles. The monoisotopic (exact) mass is 451 g/mol. The fourth-order valence-corrected chi connectivity index (χ4v) is 5.08. The van der Waals surface area contributed by atoms with E-state index in [1.165, 1.54) is 28.9 Å². The smallest absolute Gasteiger partial charge is 0.364 e. The fraction of sp³-hybridized carbons (Fsp3) is 0.333. The number of rotatable bonds is 4. The van der Waals surface area contributed by atoms with E-state index in [-0.39, 0.29) is 0 Å². The number of benzene rings is 3. The van der Waals surface area contributed by atoms with Crippen molar-refractivity contribution in [3.8, 4) is 0 Å². The zero-order valence-corrected chi connectivity index (χ0v) is 18.5. The molecule has 33 heavy (non-hydrogen) atoms. The molecule has 0 radical (unpaired) electrons. The minimum Gasteiger partial charge on any atom is -0.364 e. The third kappa shape index (κ3) is 5.07. The third-order valence-electron chi connectivity index (χ3n) is 6.67. The van der Waals surface area contributed by atoms with Gasteiger partial charge in [-0.3, -0.25) is 9.80 Å². The summed E-state index contributed by atoms with van der Waals surface area (Å²) in [4.78, 5) is 7.42. The molecule has 0 spiro atoms. The quantitative estimate of drug-likeness (QED) is 0.525. The summed E-state index contributed by atoms with van der Waals surface area (Å²) in [6.07, 6.45) is -4.30. The van der Waals surface area contributed by atoms with E-state index in [4.69, 9.17) is 0 Å². The van der Waals surface area contributed by atoms with Gasteiger partial charge in [-0.05, 0) is 34.9 Å². The van der Waals surface area contributed by atoms with Crippen LogP contribution in [0.2, 0.25) is 0 Å². The molecule has 0 amide bonds. The van der Waals surface area contributed by atoms with E-state index in [2.05, 4.69) is 63.2 Å². The van der Waals surface area contributed by atoms with Crippen LogP contribution in [-0.2, 0) is 25.8 Å². The second-order valence-electron chi connectivity index (χ2n) is 9.06. The molecular weight excluding hydrogens is 423 g/mol. The van der Waals surface area contributed by atoms with Crippen LogP contribution in [0, 0.1) is 0 Å². The highest BCUT2D eigenvalue weighted by molar-refractivity contribution is 5.56. The van der Waals surface area contributed by atoms with Crippen molar-refractivity contribution in [1.82, 2.24) is 9.80 Å². The minimum atomic E-state index is -4.30. The Morgan fingerprint density at radius 1 is 0.697 bits per heavy atom. The average molecular weight is 452 g/mol. The maximum absolute atomic E-state index is 13.0. The second kappa shape index (κ2) is 9.20. The number of para-hydroxylation sites is 1. The molecule has 1 unspecified atom stereocenters. The molecule has 2 heterocycles. The van der Waals surface area contributed by atoms with E-state index >= 15 is 0 Å². The number of alkyl halides is 3. The number of fused-ring (bicyclic) bond motifs is 3. The molecule has 1 atom stereocenters. The van der Waals surface area contributed by atoms with Gasteiger partial charge in [-0.1, -0.05) is 60.7 Å². The Morgan fingerprint density at radius 2 is 1.33 bits per heavy atom. The lowest BCUT2D eigenvalue weighted by Crippen LogP contribution is -2.55. The summed E-state index contributed by atoms with van der Waals surface area (Å²) in [6, 6.07) is 25.0. The Balaban J connectivity index is 1.35. The summed E-state index contributed by atoms with van der Waals surface area (Å²) in [5.74, 6) is 0. The molecule has 0 saturated carbocycles. The molecular formula is C27H28F3N3. The number of piperazine rings is 1. The van der Waals surface area contributed by atoms with Crippen molar-refractivity contribution in [1.29, 1.82) is 0 Å². The lowest BCUT2D eigenvalue weighted by Gasteiger charge is -2.43. The third-order valence-corrected chi connectivity index (χ3v) is 6.67. The summed E-state index contributed by atoms with van der Waals surface area (Å²) in [5.41, 5.74) is 4.20. The van der Waals surface area contributed by atoms with Gasteiger partial charge in [0.2, 0.25) is 0 Å². The molecule has 0 bridgehead atoms. The van der Waals surface area contributed by atoms with Crippen molar-refractivity contribution in [2.45, 2.75) is 31.9 Å². The highest BCUT2D eigenvalue weighted by atomic mass is 19.4. The maximum atomic E-state index is 13.0. The first-order valence-electron chi connectivity index (χ1n) is 11.4. The summed E-state index contributed by atoms with van der Waals surface area (Å²) in [5, 5.41) is 0. The van der Waals surface area contributed by atoms with Gasteiger partial charge in [0.25, 0.3) is 0 Å². The summed E-state index contributed by atoms with van der Waals surface area (Å²) < 4.78 is 38.9. The predicted octanol–water partition coefficient (Wildman–Crippen LogP) is 5.41. The highest BCUT2D eigenvalue weighted by Crippen LogP contribution is 2.32. The van der Waals surface area contributed by atoms with Crippen LogP contribution in [0.1, 0.15) is 22.3 Å². The van der Waals surface area contributed by atoms with Gasteiger partial charge >= 0.3 is 6.18 Å². The van der Waals surface area contributed by atoms with Crippen LogP contribution in [0.25, 0.3) is 0 Å². The highest BCUT2D eigenvalue weighted by Gasteiger charge is 2.33. The van der Waals surface area contributed by atoms with Gasteiger partial charge < -0.3 is 4.90 Å². The number of nitrogens with zero attached hydrogens (tertiary/aromatic N) is 3. The van der Waals surface area contributed by atoms with Crippen molar-refractivity contribution < 1.29 is 13.2 Å². The predicted molar refractivity (Wildman–Crippen MR) is 125 cm³/mol. The number of hydrogen-bond donors (Lipinski definition) is 0. The van der Waals surface area contributed by atoms with Crippen LogP contribution in [0.4, 0.5) is 18.9 Å². The largest absolute Gasteiger partial charge is 0.416 e. The first-order chi connectivity index (χ1) is 16.0. The number of anilines is 1. The van der Waals surface area contributed by atoms with Gasteiger partial charge in [0.15, 0.2) is 0 Å². The zero-order chi connectivity index (χ0) is 22.8. The van der Waals surface area contributed by atoms with Gasteiger partial charge in [-0.2, -0.15) is 13.2 Å². The van der Waals surface area contributed by atoms with Crippen LogP contribution >= 0.6 is 0 Å². The van der Waals surface area contributed by atoms with Crippen molar-refractivity contribution >= 4 is 5.69 Å². The zero-order valence-electron chi connectivity index (χ0n) is 18.5. The molecule has 2 aliphatic heterocycles. The molecule has 5 rings (SSSR count). The molecule has 6 heteroatoms. The van der Waals surface area contributed by atoms with Crippen molar-refractivity contribution in [2.24, 2.45) is 0 Å². The molecule has 0 aromatic heterocycles. The van der Waals surface area contributed by atoms with Crippen molar-refractivity contribution in [3.05, 3.63) is 101 Å². The Labute approximate surface area is 193 Å². The van der Waals surface area contributed by atoms with E-state index < -0.39 is 11.7 Å². The van der Waals surface area contributed by atoms with Gasteiger partial charge in [0.1, 0.15) is 0 Å². The topological polar surface area (TPSA) is 9.72 Å². The minimum absolute atomic E-state index is 0.334. The molecule has 3 aromatic rings. The number of halogens is 3. The second-order valence-corrected chi connectivity index (χ2v) is 9.06. The van der Waals surface area contributed by atoms with E-state index in [9.17, 15) is 13.2 Å². The molecule has 1 saturated heterocycles. The first kappa shape index (κ1) is 22.0. The van der Waals surface area contributed by atoms with Crippen LogP contribution in [-0.4, -0.2) is 42.0 Å². The maximum Gasteiger partial charge on any atom is 0.416 e. The Morgan fingerprint density at radius 3 is 2.09 bits per heavy atom. The molecule has 0 aliphatic carbocycles. The van der Waals surface area contributed by atoms with Crippen LogP contribution in [0.15, 0.2) is 78.9 Å². The van der Waals surface area contributed by atoms with Crippen molar-refractivity contribution in [2.75, 3.05) is 31.1 Å². The number of hydrogen-bond acceptors (Lipinski definition) is 3. The van der Waals surface area contributed by atoms with Crippen LogP contribution in [0.5, 0.6) is 0 Å². The Kier molecular flexibility index (Phi) is 6.13. The molecule has 3 nitrogen and oxygen atoms in total. The van der Waals surface area contributed by atoms with Crippen LogP contribution in [0.3, 0.4) is 0 Å². The molecule has 172 valence electrons. The average Bonchev–Trinajstić information content (AvgIpc) is 2.95. The van der Waals surface area contributed by atoms with Crippen molar-refractivity contribution in [3.63, 3.8) is 0 Å². The normalized spacial score (nSPS) is 19.6. The molecule has 2 aliphatic rings. The summed E-state index contributed by atoms with van der Waals surface area (Å²) >= 11 is 0. The van der Waals surface area contributed by atoms with Gasteiger partial charge in [-0.25, -0.2) is 0 Å². The molecule has 0 N–H and O–H groups in total. The van der Waals surface area contributed by atoms with Gasteiger partial charge in [0.05, 0.1) is 11.6 Å². The fourth-order valence-electron chi connectivity index (χ4n) is 5.08. The van der Waals surface area contributed by atoms with Gasteiger partial charge in [-0.15, -0.1) is 0 Å². The lowest BCUT2D eigenvalue weighted by atomic mass is 10.1. The summed E-state index contributed by atoms with van der Waals surface area (Å²) in [6.45, 7) is 6.19. The summed E-state index contributed by atoms with van der Waals surface area (Å²) in [7, 11) is 0.